The first kappa shape index (κ1) is 16.9. The molecule has 0 fully saturated rings. The fourth-order valence-electron chi connectivity index (χ4n) is 2.87. The zero-order chi connectivity index (χ0) is 17.8. The van der Waals surface area contributed by atoms with Crippen LogP contribution >= 0.6 is 0 Å². The Kier molecular flexibility index (Phi) is 4.93. The van der Waals surface area contributed by atoms with Gasteiger partial charge in [-0.15, -0.1) is 0 Å². The van der Waals surface area contributed by atoms with Crippen LogP contribution < -0.4 is 9.47 Å². The van der Waals surface area contributed by atoms with Gasteiger partial charge in [0.2, 0.25) is 0 Å². The van der Waals surface area contributed by atoms with Crippen LogP contribution in [0.1, 0.15) is 22.8 Å². The first-order valence-electron chi connectivity index (χ1n) is 8.13. The Hall–Kier alpha value is -2.95. The summed E-state index contributed by atoms with van der Waals surface area (Å²) in [7, 11) is 3.28. The zero-order valence-corrected chi connectivity index (χ0v) is 14.6. The second-order valence-corrected chi connectivity index (χ2v) is 5.63. The summed E-state index contributed by atoms with van der Waals surface area (Å²) in [6.45, 7) is 2.80. The fraction of sp³-hybridized carbons (Fsp3) is 0.250. The van der Waals surface area contributed by atoms with Crippen molar-refractivity contribution in [3.8, 4) is 11.5 Å². The van der Waals surface area contributed by atoms with E-state index in [-0.39, 0.29) is 5.97 Å². The third-order valence-corrected chi connectivity index (χ3v) is 4.07. The van der Waals surface area contributed by atoms with E-state index in [0.29, 0.717) is 18.7 Å². The molecule has 0 aliphatic rings. The lowest BCUT2D eigenvalue weighted by atomic mass is 10.1. The quantitative estimate of drug-likeness (QED) is 0.640. The largest absolute Gasteiger partial charge is 0.497 e. The van der Waals surface area contributed by atoms with Crippen molar-refractivity contribution in [2.24, 2.45) is 0 Å². The Balaban J connectivity index is 1.96. The third kappa shape index (κ3) is 3.45. The molecule has 0 bridgehead atoms. The predicted octanol–water partition coefficient (Wildman–Crippen LogP) is 3.88. The smallest absolute Gasteiger partial charge is 0.338 e. The molecule has 3 aromatic rings. The zero-order valence-electron chi connectivity index (χ0n) is 14.6. The van der Waals surface area contributed by atoms with Gasteiger partial charge >= 0.3 is 5.97 Å². The number of ether oxygens (including phenoxy) is 3. The second kappa shape index (κ2) is 7.30. The number of carbonyl (C=O) groups excluding carboxylic acids is 1. The number of aromatic nitrogens is 1. The molecule has 0 aliphatic heterocycles. The summed E-state index contributed by atoms with van der Waals surface area (Å²) >= 11 is 0. The summed E-state index contributed by atoms with van der Waals surface area (Å²) in [5.74, 6) is 1.21. The number of hydrogen-bond acceptors (Lipinski definition) is 4. The Morgan fingerprint density at radius 2 is 1.92 bits per heavy atom. The predicted molar refractivity (Wildman–Crippen MR) is 96.5 cm³/mol. The molecular weight excluding hydrogens is 318 g/mol. The van der Waals surface area contributed by atoms with E-state index in [4.69, 9.17) is 14.2 Å². The number of methoxy groups -OCH3 is 2. The van der Waals surface area contributed by atoms with Crippen molar-refractivity contribution in [1.82, 2.24) is 4.57 Å². The van der Waals surface area contributed by atoms with E-state index >= 15 is 0 Å². The van der Waals surface area contributed by atoms with Crippen molar-refractivity contribution in [3.63, 3.8) is 0 Å². The number of hydrogen-bond donors (Lipinski definition) is 0. The Labute approximate surface area is 146 Å². The summed E-state index contributed by atoms with van der Waals surface area (Å²) in [6.07, 6.45) is 2.00. The Bertz CT molecular complexity index is 898. The van der Waals surface area contributed by atoms with Crippen molar-refractivity contribution in [2.45, 2.75) is 13.5 Å². The van der Waals surface area contributed by atoms with Crippen molar-refractivity contribution >= 4 is 16.9 Å². The number of rotatable bonds is 6. The van der Waals surface area contributed by atoms with Crippen LogP contribution in [0.25, 0.3) is 10.9 Å². The van der Waals surface area contributed by atoms with Gasteiger partial charge in [0.25, 0.3) is 0 Å². The van der Waals surface area contributed by atoms with E-state index in [1.807, 2.05) is 42.6 Å². The highest BCUT2D eigenvalue weighted by Gasteiger charge is 2.11. The number of fused-ring (bicyclic) bond motifs is 1. The van der Waals surface area contributed by atoms with Gasteiger partial charge < -0.3 is 18.8 Å². The highest BCUT2D eigenvalue weighted by molar-refractivity contribution is 5.90. The molecule has 0 radical (unpaired) electrons. The summed E-state index contributed by atoms with van der Waals surface area (Å²) < 4.78 is 18.0. The highest BCUT2D eigenvalue weighted by atomic mass is 16.5. The molecule has 0 atom stereocenters. The molecule has 2 aromatic carbocycles. The van der Waals surface area contributed by atoms with E-state index < -0.39 is 0 Å². The Morgan fingerprint density at radius 3 is 2.64 bits per heavy atom. The average molecular weight is 339 g/mol. The van der Waals surface area contributed by atoms with Crippen molar-refractivity contribution < 1.29 is 19.0 Å². The van der Waals surface area contributed by atoms with Crippen molar-refractivity contribution in [2.75, 3.05) is 20.8 Å². The van der Waals surface area contributed by atoms with Gasteiger partial charge in [0.15, 0.2) is 0 Å². The standard InChI is InChI=1S/C20H21NO4/c1-4-25-20(22)15-7-5-6-14(10-15)13-21-9-8-17-18(21)11-16(23-2)12-19(17)24-3/h5-12H,4,13H2,1-3H3. The number of carbonyl (C=O) groups is 1. The molecule has 5 heteroatoms. The minimum atomic E-state index is -0.301. The lowest BCUT2D eigenvalue weighted by molar-refractivity contribution is 0.0526. The summed E-state index contributed by atoms with van der Waals surface area (Å²) in [4.78, 5) is 11.9. The molecule has 0 saturated heterocycles. The van der Waals surface area contributed by atoms with Gasteiger partial charge in [-0.3, -0.25) is 0 Å². The molecule has 0 saturated carbocycles. The normalized spacial score (nSPS) is 10.7. The highest BCUT2D eigenvalue weighted by Crippen LogP contribution is 2.32. The fourth-order valence-corrected chi connectivity index (χ4v) is 2.87. The van der Waals surface area contributed by atoms with E-state index in [1.165, 1.54) is 0 Å². The molecule has 0 unspecified atom stereocenters. The maximum atomic E-state index is 11.9. The SMILES string of the molecule is CCOC(=O)c1cccc(Cn2ccc3c(OC)cc(OC)cc32)c1. The molecule has 0 spiro atoms. The van der Waals surface area contributed by atoms with Crippen LogP contribution in [0.3, 0.4) is 0 Å². The minimum Gasteiger partial charge on any atom is -0.497 e. The maximum absolute atomic E-state index is 11.9. The summed E-state index contributed by atoms with van der Waals surface area (Å²) in [5, 5.41) is 1.02. The monoisotopic (exact) mass is 339 g/mol. The van der Waals surface area contributed by atoms with Gasteiger partial charge in [-0.1, -0.05) is 12.1 Å². The molecule has 5 nitrogen and oxygen atoms in total. The molecular formula is C20H21NO4. The van der Waals surface area contributed by atoms with Crippen LogP contribution in [0, 0.1) is 0 Å². The topological polar surface area (TPSA) is 49.7 Å². The van der Waals surface area contributed by atoms with Crippen molar-refractivity contribution in [1.29, 1.82) is 0 Å². The van der Waals surface area contributed by atoms with E-state index in [0.717, 1.165) is 28.0 Å². The van der Waals surface area contributed by atoms with Crippen LogP contribution in [0.5, 0.6) is 11.5 Å². The summed E-state index contributed by atoms with van der Waals surface area (Å²) in [6, 6.07) is 13.4. The number of nitrogens with zero attached hydrogens (tertiary/aromatic N) is 1. The number of benzene rings is 2. The van der Waals surface area contributed by atoms with Crippen LogP contribution in [0.2, 0.25) is 0 Å². The summed E-state index contributed by atoms with van der Waals surface area (Å²) in [5.41, 5.74) is 2.59. The molecule has 0 aliphatic carbocycles. The molecule has 1 aromatic heterocycles. The molecule has 130 valence electrons. The van der Waals surface area contributed by atoms with Gasteiger partial charge in [-0.05, 0) is 30.7 Å². The lowest BCUT2D eigenvalue weighted by Crippen LogP contribution is -2.06. The molecule has 25 heavy (non-hydrogen) atoms. The molecule has 3 rings (SSSR count). The van der Waals surface area contributed by atoms with Gasteiger partial charge in [0.1, 0.15) is 11.5 Å². The second-order valence-electron chi connectivity index (χ2n) is 5.63. The van der Waals surface area contributed by atoms with Crippen LogP contribution in [-0.2, 0) is 11.3 Å². The van der Waals surface area contributed by atoms with Crippen molar-refractivity contribution in [3.05, 3.63) is 59.8 Å². The van der Waals surface area contributed by atoms with Gasteiger partial charge in [-0.25, -0.2) is 4.79 Å². The lowest BCUT2D eigenvalue weighted by Gasteiger charge is -2.10. The maximum Gasteiger partial charge on any atom is 0.338 e. The van der Waals surface area contributed by atoms with Crippen LogP contribution in [0.15, 0.2) is 48.7 Å². The number of esters is 1. The van der Waals surface area contributed by atoms with E-state index in [1.54, 1.807) is 27.2 Å². The van der Waals surface area contributed by atoms with Gasteiger partial charge in [0, 0.05) is 30.3 Å². The Morgan fingerprint density at radius 1 is 1.08 bits per heavy atom. The molecule has 0 N–H and O–H groups in total. The van der Waals surface area contributed by atoms with Gasteiger partial charge in [-0.2, -0.15) is 0 Å². The molecule has 1 heterocycles. The van der Waals surface area contributed by atoms with Crippen LogP contribution in [-0.4, -0.2) is 31.4 Å². The first-order valence-corrected chi connectivity index (χ1v) is 8.13. The first-order chi connectivity index (χ1) is 12.2. The average Bonchev–Trinajstić information content (AvgIpc) is 3.04. The van der Waals surface area contributed by atoms with Crippen LogP contribution in [0.4, 0.5) is 0 Å². The minimum absolute atomic E-state index is 0.301. The molecule has 0 amide bonds. The van der Waals surface area contributed by atoms with E-state index in [2.05, 4.69) is 4.57 Å². The van der Waals surface area contributed by atoms with Gasteiger partial charge in [0.05, 0.1) is 31.9 Å². The van der Waals surface area contributed by atoms with E-state index in [9.17, 15) is 4.79 Å². The third-order valence-electron chi connectivity index (χ3n) is 4.07.